The molecule has 0 aromatic heterocycles. The molecule has 2 nitrogen and oxygen atoms in total. The number of benzene rings is 2. The maximum Gasteiger partial charge on any atom is 0.292 e. The van der Waals surface area contributed by atoms with Gasteiger partial charge in [0.15, 0.2) is 0 Å². The van der Waals surface area contributed by atoms with Crippen LogP contribution in [0.5, 0.6) is 0 Å². The third-order valence-corrected chi connectivity index (χ3v) is 11.1. The standard InChI is InChI=1S/C22H26Cl3O2PS/c1-14(2)17-10-9-15(3)11-21(17)27-28(26,16-7-5-4-6-8-16)29-22-13-19(24)18(23)12-20(22)25/h4-8,12-15,17,21H,9-11H2,1-3H3/t15-,17+,21-,28?/m1/s1. The lowest BCUT2D eigenvalue weighted by molar-refractivity contribution is 0.0527. The summed E-state index contributed by atoms with van der Waals surface area (Å²) in [6.07, 6.45) is 3.13. The van der Waals surface area contributed by atoms with Crippen LogP contribution < -0.4 is 5.30 Å². The van der Waals surface area contributed by atoms with E-state index in [1.807, 2.05) is 30.3 Å². The molecular weight excluding hydrogens is 466 g/mol. The normalized spacial score (nSPS) is 24.4. The Morgan fingerprint density at radius 3 is 2.34 bits per heavy atom. The van der Waals surface area contributed by atoms with Crippen LogP contribution in [0.3, 0.4) is 0 Å². The van der Waals surface area contributed by atoms with Crippen molar-refractivity contribution in [2.45, 2.75) is 51.0 Å². The molecule has 7 heteroatoms. The zero-order chi connectivity index (χ0) is 21.2. The van der Waals surface area contributed by atoms with Gasteiger partial charge in [-0.1, -0.05) is 80.2 Å². The van der Waals surface area contributed by atoms with Crippen molar-refractivity contribution in [1.82, 2.24) is 0 Å². The smallest absolute Gasteiger partial charge is 0.292 e. The highest BCUT2D eigenvalue weighted by atomic mass is 35.5. The first kappa shape index (κ1) is 23.5. The third-order valence-electron chi connectivity index (χ3n) is 5.50. The van der Waals surface area contributed by atoms with Crippen LogP contribution in [-0.4, -0.2) is 6.10 Å². The van der Waals surface area contributed by atoms with E-state index in [-0.39, 0.29) is 6.10 Å². The lowest BCUT2D eigenvalue weighted by Gasteiger charge is -2.38. The summed E-state index contributed by atoms with van der Waals surface area (Å²) >= 11 is 19.8. The molecule has 0 spiro atoms. The van der Waals surface area contributed by atoms with Gasteiger partial charge in [-0.15, -0.1) is 0 Å². The Hall–Kier alpha value is -0.150. The van der Waals surface area contributed by atoms with Crippen molar-refractivity contribution in [3.05, 3.63) is 57.5 Å². The topological polar surface area (TPSA) is 26.3 Å². The summed E-state index contributed by atoms with van der Waals surface area (Å²) in [4.78, 5) is 0.609. The van der Waals surface area contributed by atoms with Crippen molar-refractivity contribution < 1.29 is 9.09 Å². The monoisotopic (exact) mass is 490 g/mol. The molecule has 1 unspecified atom stereocenters. The summed E-state index contributed by atoms with van der Waals surface area (Å²) in [5, 5.41) is 1.84. The molecule has 0 heterocycles. The fourth-order valence-corrected chi connectivity index (χ4v) is 9.11. The second-order valence-electron chi connectivity index (χ2n) is 8.09. The molecule has 3 rings (SSSR count). The highest BCUT2D eigenvalue weighted by molar-refractivity contribution is 8.58. The van der Waals surface area contributed by atoms with Crippen LogP contribution in [0, 0.1) is 17.8 Å². The Balaban J connectivity index is 1.98. The second kappa shape index (κ2) is 9.98. The SMILES string of the molecule is CC(C)[C@@H]1CC[C@@H](C)C[C@H]1OP(=O)(Sc1cc(Cl)c(Cl)cc1Cl)c1ccccc1. The van der Waals surface area contributed by atoms with E-state index in [9.17, 15) is 4.57 Å². The first-order chi connectivity index (χ1) is 13.7. The zero-order valence-corrected chi connectivity index (χ0v) is 20.8. The Bertz CT molecular complexity index is 891. The van der Waals surface area contributed by atoms with Crippen molar-refractivity contribution in [2.75, 3.05) is 0 Å². The molecule has 0 N–H and O–H groups in total. The third kappa shape index (κ3) is 5.76. The first-order valence-corrected chi connectivity index (χ1v) is 14.1. The van der Waals surface area contributed by atoms with Gasteiger partial charge in [-0.25, -0.2) is 0 Å². The van der Waals surface area contributed by atoms with E-state index in [1.54, 1.807) is 12.1 Å². The summed E-state index contributed by atoms with van der Waals surface area (Å²) in [6.45, 7) is 3.37. The van der Waals surface area contributed by atoms with E-state index in [0.29, 0.717) is 43.0 Å². The number of hydrogen-bond donors (Lipinski definition) is 0. The largest absolute Gasteiger partial charge is 0.314 e. The molecule has 4 atom stereocenters. The molecule has 1 aliphatic carbocycles. The molecule has 0 amide bonds. The molecule has 2 aromatic rings. The molecule has 0 radical (unpaired) electrons. The van der Waals surface area contributed by atoms with Crippen LogP contribution >= 0.6 is 52.8 Å². The van der Waals surface area contributed by atoms with E-state index >= 15 is 0 Å². The predicted octanol–water partition coefficient (Wildman–Crippen LogP) is 8.73. The summed E-state index contributed by atoms with van der Waals surface area (Å²) in [6, 6.07) is 12.6. The minimum Gasteiger partial charge on any atom is -0.314 e. The van der Waals surface area contributed by atoms with Crippen molar-refractivity contribution in [2.24, 2.45) is 17.8 Å². The highest BCUT2D eigenvalue weighted by Crippen LogP contribution is 2.65. The first-order valence-electron chi connectivity index (χ1n) is 9.88. The Kier molecular flexibility index (Phi) is 8.09. The Morgan fingerprint density at radius 1 is 1.03 bits per heavy atom. The molecule has 158 valence electrons. The lowest BCUT2D eigenvalue weighted by Crippen LogP contribution is -2.34. The maximum atomic E-state index is 14.3. The van der Waals surface area contributed by atoms with Gasteiger partial charge in [0.25, 0.3) is 6.57 Å². The van der Waals surface area contributed by atoms with Crippen LogP contribution in [0.1, 0.15) is 40.0 Å². The molecule has 29 heavy (non-hydrogen) atoms. The van der Waals surface area contributed by atoms with E-state index < -0.39 is 6.57 Å². The van der Waals surface area contributed by atoms with Gasteiger partial charge in [-0.05, 0) is 66.2 Å². The summed E-state index contributed by atoms with van der Waals surface area (Å²) in [7, 11) is 0. The molecule has 1 fully saturated rings. The van der Waals surface area contributed by atoms with Crippen molar-refractivity contribution >= 4 is 58.1 Å². The quantitative estimate of drug-likeness (QED) is 0.298. The lowest BCUT2D eigenvalue weighted by atomic mass is 9.75. The molecule has 2 aromatic carbocycles. The van der Waals surface area contributed by atoms with Crippen LogP contribution in [-0.2, 0) is 9.09 Å². The van der Waals surface area contributed by atoms with Crippen LogP contribution in [0.4, 0.5) is 0 Å². The highest BCUT2D eigenvalue weighted by Gasteiger charge is 2.39. The van der Waals surface area contributed by atoms with Gasteiger partial charge in [0.2, 0.25) is 0 Å². The van der Waals surface area contributed by atoms with Gasteiger partial charge >= 0.3 is 0 Å². The van der Waals surface area contributed by atoms with Crippen molar-refractivity contribution in [1.29, 1.82) is 0 Å². The average Bonchev–Trinajstić information content (AvgIpc) is 2.66. The molecule has 0 aliphatic heterocycles. The molecule has 1 saturated carbocycles. The van der Waals surface area contributed by atoms with E-state index in [0.717, 1.165) is 24.2 Å². The van der Waals surface area contributed by atoms with Gasteiger partial charge < -0.3 is 4.52 Å². The maximum absolute atomic E-state index is 14.3. The van der Waals surface area contributed by atoms with Crippen molar-refractivity contribution in [3.63, 3.8) is 0 Å². The van der Waals surface area contributed by atoms with Crippen LogP contribution in [0.15, 0.2) is 47.4 Å². The molecular formula is C22H26Cl3O2PS. The fraction of sp³-hybridized carbons (Fsp3) is 0.455. The Morgan fingerprint density at radius 2 is 1.69 bits per heavy atom. The predicted molar refractivity (Wildman–Crippen MR) is 127 cm³/mol. The van der Waals surface area contributed by atoms with Gasteiger partial charge in [0.05, 0.1) is 21.2 Å². The zero-order valence-electron chi connectivity index (χ0n) is 16.8. The van der Waals surface area contributed by atoms with Gasteiger partial charge in [-0.3, -0.25) is 4.57 Å². The fourth-order valence-electron chi connectivity index (χ4n) is 3.86. The van der Waals surface area contributed by atoms with E-state index in [1.165, 1.54) is 6.42 Å². The van der Waals surface area contributed by atoms with Crippen LogP contribution in [0.25, 0.3) is 0 Å². The van der Waals surface area contributed by atoms with Gasteiger partial charge in [0, 0.05) is 10.2 Å². The summed E-state index contributed by atoms with van der Waals surface area (Å²) in [5.41, 5.74) is 0. The molecule has 0 bridgehead atoms. The Labute approximate surface area is 192 Å². The number of halogens is 3. The van der Waals surface area contributed by atoms with Crippen LogP contribution in [0.2, 0.25) is 15.1 Å². The number of rotatable bonds is 6. The average molecular weight is 492 g/mol. The summed E-state index contributed by atoms with van der Waals surface area (Å²) < 4.78 is 20.8. The number of hydrogen-bond acceptors (Lipinski definition) is 3. The van der Waals surface area contributed by atoms with E-state index in [4.69, 9.17) is 39.3 Å². The van der Waals surface area contributed by atoms with Gasteiger partial charge in [-0.2, -0.15) is 0 Å². The van der Waals surface area contributed by atoms with Gasteiger partial charge in [0.1, 0.15) is 0 Å². The minimum atomic E-state index is -3.30. The second-order valence-corrected chi connectivity index (χ2v) is 13.6. The van der Waals surface area contributed by atoms with Crippen molar-refractivity contribution in [3.8, 4) is 0 Å². The molecule has 0 saturated heterocycles. The molecule has 1 aliphatic rings. The minimum absolute atomic E-state index is 0.0566. The van der Waals surface area contributed by atoms with E-state index in [2.05, 4.69) is 20.8 Å². The summed E-state index contributed by atoms with van der Waals surface area (Å²) in [5.74, 6) is 1.40.